The molecule has 18 heavy (non-hydrogen) atoms. The number of nitrogens with zero attached hydrogens (tertiary/aromatic N) is 1. The van der Waals surface area contributed by atoms with Gasteiger partial charge in [-0.2, -0.15) is 0 Å². The number of aromatic nitrogens is 1. The molecule has 0 radical (unpaired) electrons. The summed E-state index contributed by atoms with van der Waals surface area (Å²) in [5.41, 5.74) is 4.34. The predicted molar refractivity (Wildman–Crippen MR) is 72.8 cm³/mol. The Morgan fingerprint density at radius 1 is 1.06 bits per heavy atom. The van der Waals surface area contributed by atoms with Crippen LogP contribution in [0.1, 0.15) is 27.3 Å². The molecular formula is C15H16N2O. The predicted octanol–water partition coefficient (Wildman–Crippen LogP) is 3.26. The van der Waals surface area contributed by atoms with E-state index < -0.39 is 0 Å². The van der Waals surface area contributed by atoms with Crippen molar-refractivity contribution in [1.29, 1.82) is 0 Å². The van der Waals surface area contributed by atoms with Crippen LogP contribution in [-0.4, -0.2) is 10.9 Å². The molecule has 1 aromatic heterocycles. The lowest BCUT2D eigenvalue weighted by Crippen LogP contribution is -2.14. The van der Waals surface area contributed by atoms with Crippen LogP contribution >= 0.6 is 0 Å². The molecular weight excluding hydrogens is 224 g/mol. The first-order valence-corrected chi connectivity index (χ1v) is 5.88. The van der Waals surface area contributed by atoms with Gasteiger partial charge in [0.2, 0.25) is 0 Å². The van der Waals surface area contributed by atoms with E-state index in [0.717, 1.165) is 22.5 Å². The highest BCUT2D eigenvalue weighted by molar-refractivity contribution is 6.02. The monoisotopic (exact) mass is 240 g/mol. The van der Waals surface area contributed by atoms with Crippen molar-refractivity contribution >= 4 is 11.6 Å². The van der Waals surface area contributed by atoms with Gasteiger partial charge in [0.15, 0.2) is 0 Å². The van der Waals surface area contributed by atoms with Crippen LogP contribution in [0.5, 0.6) is 0 Å². The van der Waals surface area contributed by atoms with Crippen LogP contribution in [0.25, 0.3) is 0 Å². The molecule has 0 fully saturated rings. The molecule has 0 saturated heterocycles. The third-order valence-corrected chi connectivity index (χ3v) is 2.60. The van der Waals surface area contributed by atoms with Crippen molar-refractivity contribution in [1.82, 2.24) is 4.98 Å². The summed E-state index contributed by atoms with van der Waals surface area (Å²) in [6.45, 7) is 5.88. The number of carbonyl (C=O) groups excluding carboxylic acids is 1. The second-order valence-electron chi connectivity index (χ2n) is 4.49. The van der Waals surface area contributed by atoms with Crippen LogP contribution in [0.3, 0.4) is 0 Å². The number of nitrogens with one attached hydrogen (secondary N) is 1. The van der Waals surface area contributed by atoms with Crippen LogP contribution in [-0.2, 0) is 0 Å². The minimum Gasteiger partial charge on any atom is -0.321 e. The molecule has 0 bridgehead atoms. The Balaban J connectivity index is 2.21. The maximum Gasteiger partial charge on any atom is 0.274 e. The summed E-state index contributed by atoms with van der Waals surface area (Å²) < 4.78 is 0. The van der Waals surface area contributed by atoms with E-state index >= 15 is 0 Å². The van der Waals surface area contributed by atoms with Gasteiger partial charge in [0.25, 0.3) is 5.91 Å². The van der Waals surface area contributed by atoms with Gasteiger partial charge in [-0.1, -0.05) is 12.1 Å². The van der Waals surface area contributed by atoms with E-state index in [1.54, 1.807) is 6.07 Å². The first-order valence-electron chi connectivity index (χ1n) is 5.88. The maximum absolute atomic E-state index is 12.0. The first-order chi connectivity index (χ1) is 8.54. The van der Waals surface area contributed by atoms with Crippen LogP contribution in [0.2, 0.25) is 0 Å². The topological polar surface area (TPSA) is 42.0 Å². The molecule has 0 unspecified atom stereocenters. The van der Waals surface area contributed by atoms with Gasteiger partial charge >= 0.3 is 0 Å². The fraction of sp³-hybridized carbons (Fsp3) is 0.200. The first kappa shape index (κ1) is 12.3. The van der Waals surface area contributed by atoms with E-state index in [0.29, 0.717) is 5.69 Å². The highest BCUT2D eigenvalue weighted by Gasteiger charge is 2.07. The lowest BCUT2D eigenvalue weighted by atomic mass is 10.1. The Bertz CT molecular complexity index is 571. The van der Waals surface area contributed by atoms with Gasteiger partial charge in [-0.3, -0.25) is 4.79 Å². The minimum absolute atomic E-state index is 0.177. The Kier molecular flexibility index (Phi) is 3.42. The smallest absolute Gasteiger partial charge is 0.274 e. The number of anilines is 1. The quantitative estimate of drug-likeness (QED) is 0.875. The number of carbonyl (C=O) groups is 1. The minimum atomic E-state index is -0.177. The molecule has 0 aliphatic rings. The molecule has 2 aromatic rings. The van der Waals surface area contributed by atoms with E-state index in [-0.39, 0.29) is 5.91 Å². The lowest BCUT2D eigenvalue weighted by molar-refractivity contribution is 0.102. The molecule has 0 aliphatic heterocycles. The molecule has 1 aromatic carbocycles. The summed E-state index contributed by atoms with van der Waals surface area (Å²) in [7, 11) is 0. The second-order valence-corrected chi connectivity index (χ2v) is 4.49. The van der Waals surface area contributed by atoms with E-state index in [2.05, 4.69) is 16.4 Å². The van der Waals surface area contributed by atoms with Crippen molar-refractivity contribution in [3.63, 3.8) is 0 Å². The van der Waals surface area contributed by atoms with Gasteiger partial charge in [0.1, 0.15) is 5.69 Å². The number of hydrogen-bond donors (Lipinski definition) is 1. The number of hydrogen-bond acceptors (Lipinski definition) is 2. The van der Waals surface area contributed by atoms with Crippen molar-refractivity contribution in [2.45, 2.75) is 20.8 Å². The van der Waals surface area contributed by atoms with Crippen LogP contribution in [0, 0.1) is 20.8 Å². The highest BCUT2D eigenvalue weighted by Crippen LogP contribution is 2.14. The SMILES string of the molecule is Cc1cc(C)cc(NC(=O)c2cccc(C)n2)c1. The second kappa shape index (κ2) is 5.00. The number of pyridine rings is 1. The number of rotatable bonds is 2. The molecule has 1 N–H and O–H groups in total. The summed E-state index contributed by atoms with van der Waals surface area (Å²) in [6.07, 6.45) is 0. The molecule has 0 aliphatic carbocycles. The number of benzene rings is 1. The van der Waals surface area contributed by atoms with Crippen LogP contribution in [0.15, 0.2) is 36.4 Å². The van der Waals surface area contributed by atoms with Crippen molar-refractivity contribution in [3.05, 3.63) is 58.9 Å². The van der Waals surface area contributed by atoms with Crippen molar-refractivity contribution < 1.29 is 4.79 Å². The Morgan fingerprint density at radius 3 is 2.33 bits per heavy atom. The average molecular weight is 240 g/mol. The Morgan fingerprint density at radius 2 is 1.72 bits per heavy atom. The highest BCUT2D eigenvalue weighted by atomic mass is 16.1. The Hall–Kier alpha value is -2.16. The number of aryl methyl sites for hydroxylation is 3. The third-order valence-electron chi connectivity index (χ3n) is 2.60. The molecule has 3 nitrogen and oxygen atoms in total. The van der Waals surface area contributed by atoms with Crippen molar-refractivity contribution in [2.24, 2.45) is 0 Å². The maximum atomic E-state index is 12.0. The molecule has 3 heteroatoms. The van der Waals surface area contributed by atoms with E-state index in [1.165, 1.54) is 0 Å². The molecule has 2 rings (SSSR count). The van der Waals surface area contributed by atoms with E-state index in [9.17, 15) is 4.79 Å². The van der Waals surface area contributed by atoms with Crippen LogP contribution < -0.4 is 5.32 Å². The third kappa shape index (κ3) is 2.94. The van der Waals surface area contributed by atoms with Crippen molar-refractivity contribution in [3.8, 4) is 0 Å². The molecule has 92 valence electrons. The zero-order valence-electron chi connectivity index (χ0n) is 10.8. The van der Waals surface area contributed by atoms with E-state index in [4.69, 9.17) is 0 Å². The standard InChI is InChI=1S/C15H16N2O/c1-10-7-11(2)9-13(8-10)17-15(18)14-6-4-5-12(3)16-14/h4-9H,1-3H3,(H,17,18). The van der Waals surface area contributed by atoms with Gasteiger partial charge < -0.3 is 5.32 Å². The summed E-state index contributed by atoms with van der Waals surface area (Å²) in [4.78, 5) is 16.2. The summed E-state index contributed by atoms with van der Waals surface area (Å²) >= 11 is 0. The summed E-state index contributed by atoms with van der Waals surface area (Å²) in [6, 6.07) is 11.4. The van der Waals surface area contributed by atoms with Gasteiger partial charge in [-0.15, -0.1) is 0 Å². The molecule has 0 saturated carbocycles. The molecule has 1 amide bonds. The zero-order valence-corrected chi connectivity index (χ0v) is 10.8. The van der Waals surface area contributed by atoms with Gasteiger partial charge in [0, 0.05) is 11.4 Å². The summed E-state index contributed by atoms with van der Waals surface area (Å²) in [5.74, 6) is -0.177. The van der Waals surface area contributed by atoms with Crippen LogP contribution in [0.4, 0.5) is 5.69 Å². The largest absolute Gasteiger partial charge is 0.321 e. The van der Waals surface area contributed by atoms with Crippen molar-refractivity contribution in [2.75, 3.05) is 5.32 Å². The zero-order chi connectivity index (χ0) is 13.1. The fourth-order valence-corrected chi connectivity index (χ4v) is 1.91. The average Bonchev–Trinajstić information content (AvgIpc) is 2.27. The number of amides is 1. The normalized spacial score (nSPS) is 10.2. The molecule has 0 atom stereocenters. The van der Waals surface area contributed by atoms with E-state index in [1.807, 2.05) is 45.0 Å². The molecule has 0 spiro atoms. The molecule has 1 heterocycles. The van der Waals surface area contributed by atoms with Gasteiger partial charge in [0.05, 0.1) is 0 Å². The lowest BCUT2D eigenvalue weighted by Gasteiger charge is -2.07. The Labute approximate surface area is 107 Å². The van der Waals surface area contributed by atoms with Gasteiger partial charge in [-0.25, -0.2) is 4.98 Å². The van der Waals surface area contributed by atoms with Gasteiger partial charge in [-0.05, 0) is 56.2 Å². The summed E-state index contributed by atoms with van der Waals surface area (Å²) in [5, 5.41) is 2.87. The fourth-order valence-electron chi connectivity index (χ4n) is 1.91.